The summed E-state index contributed by atoms with van der Waals surface area (Å²) in [5.74, 6) is 0.186. The van der Waals surface area contributed by atoms with E-state index >= 15 is 0 Å². The third-order valence-corrected chi connectivity index (χ3v) is 4.84. The maximum atomic E-state index is 13.3. The Hall–Kier alpha value is -2.14. The third kappa shape index (κ3) is 2.69. The van der Waals surface area contributed by atoms with Crippen LogP contribution in [0, 0.1) is 12.7 Å². The minimum atomic E-state index is -3.49. The number of ether oxygens (including phenoxy) is 1. The number of aryl methyl sites for hydroxylation is 1. The molecule has 0 spiro atoms. The average molecular weight is 304 g/mol. The van der Waals surface area contributed by atoms with Crippen molar-refractivity contribution in [2.75, 3.05) is 6.61 Å². The lowest BCUT2D eigenvalue weighted by atomic mass is 10.1. The van der Waals surface area contributed by atoms with E-state index in [9.17, 15) is 12.8 Å². The van der Waals surface area contributed by atoms with Gasteiger partial charge in [-0.15, -0.1) is 0 Å². The summed E-state index contributed by atoms with van der Waals surface area (Å²) >= 11 is 0. The van der Waals surface area contributed by atoms with Crippen molar-refractivity contribution in [3.8, 4) is 5.75 Å². The molecule has 0 fully saturated rings. The van der Waals surface area contributed by atoms with E-state index in [-0.39, 0.29) is 11.5 Å². The molecule has 0 atom stereocenters. The van der Waals surface area contributed by atoms with Crippen molar-refractivity contribution in [2.45, 2.75) is 11.8 Å². The van der Waals surface area contributed by atoms with Crippen LogP contribution in [0.5, 0.6) is 5.75 Å². The summed E-state index contributed by atoms with van der Waals surface area (Å²) in [6.07, 6.45) is 0. The van der Waals surface area contributed by atoms with Crippen molar-refractivity contribution in [1.29, 1.82) is 0 Å². The van der Waals surface area contributed by atoms with E-state index < -0.39 is 15.7 Å². The SMILES string of the molecule is Cc1cccc(OCC2=CS(=O)(=O)c3ccc(F)cc32)c1. The number of benzene rings is 2. The van der Waals surface area contributed by atoms with Crippen LogP contribution in [0.15, 0.2) is 52.8 Å². The standard InChI is InChI=1S/C16H13FO3S/c1-11-3-2-4-14(7-11)20-9-12-10-21(18,19)16-6-5-13(17)8-15(12)16/h2-8,10H,9H2,1H3. The smallest absolute Gasteiger partial charge is 0.200 e. The predicted octanol–water partition coefficient (Wildman–Crippen LogP) is 3.34. The van der Waals surface area contributed by atoms with E-state index in [1.165, 1.54) is 12.1 Å². The van der Waals surface area contributed by atoms with Crippen molar-refractivity contribution in [3.63, 3.8) is 0 Å². The van der Waals surface area contributed by atoms with E-state index in [4.69, 9.17) is 4.74 Å². The van der Waals surface area contributed by atoms with E-state index in [1.54, 1.807) is 6.07 Å². The van der Waals surface area contributed by atoms with Crippen LogP contribution in [-0.2, 0) is 9.84 Å². The Balaban J connectivity index is 1.89. The van der Waals surface area contributed by atoms with Crippen LogP contribution in [-0.4, -0.2) is 15.0 Å². The van der Waals surface area contributed by atoms with Gasteiger partial charge in [0.25, 0.3) is 0 Å². The van der Waals surface area contributed by atoms with Gasteiger partial charge < -0.3 is 4.74 Å². The maximum absolute atomic E-state index is 13.3. The van der Waals surface area contributed by atoms with Crippen molar-refractivity contribution >= 4 is 15.4 Å². The first-order valence-corrected chi connectivity index (χ1v) is 7.95. The fourth-order valence-corrected chi connectivity index (χ4v) is 3.74. The van der Waals surface area contributed by atoms with Crippen LogP contribution < -0.4 is 4.74 Å². The number of sulfone groups is 1. The largest absolute Gasteiger partial charge is 0.489 e. The summed E-state index contributed by atoms with van der Waals surface area (Å²) in [6, 6.07) is 11.1. The number of hydrogen-bond acceptors (Lipinski definition) is 3. The van der Waals surface area contributed by atoms with Crippen LogP contribution >= 0.6 is 0 Å². The zero-order valence-corrected chi connectivity index (χ0v) is 12.2. The molecule has 3 nitrogen and oxygen atoms in total. The molecular weight excluding hydrogens is 291 g/mol. The number of fused-ring (bicyclic) bond motifs is 1. The Morgan fingerprint density at radius 1 is 1.14 bits per heavy atom. The minimum Gasteiger partial charge on any atom is -0.489 e. The highest BCUT2D eigenvalue weighted by Crippen LogP contribution is 2.34. The van der Waals surface area contributed by atoms with Gasteiger partial charge in [0.15, 0.2) is 0 Å². The summed E-state index contributed by atoms with van der Waals surface area (Å²) < 4.78 is 42.9. The van der Waals surface area contributed by atoms with Crippen molar-refractivity contribution in [3.05, 3.63) is 64.8 Å². The van der Waals surface area contributed by atoms with Gasteiger partial charge >= 0.3 is 0 Å². The molecule has 108 valence electrons. The second kappa shape index (κ2) is 5.00. The van der Waals surface area contributed by atoms with Gasteiger partial charge in [0.2, 0.25) is 9.84 Å². The Labute approximate surface area is 122 Å². The van der Waals surface area contributed by atoms with Crippen LogP contribution in [0.2, 0.25) is 0 Å². The van der Waals surface area contributed by atoms with Gasteiger partial charge in [-0.25, -0.2) is 12.8 Å². The summed E-state index contributed by atoms with van der Waals surface area (Å²) in [4.78, 5) is 0.131. The van der Waals surface area contributed by atoms with E-state index in [0.717, 1.165) is 17.0 Å². The summed E-state index contributed by atoms with van der Waals surface area (Å²) in [5.41, 5.74) is 1.89. The molecule has 0 saturated carbocycles. The van der Waals surface area contributed by atoms with Crippen LogP contribution in [0.1, 0.15) is 11.1 Å². The molecule has 0 saturated heterocycles. The molecule has 0 amide bonds. The molecule has 0 unspecified atom stereocenters. The minimum absolute atomic E-state index is 0.0825. The maximum Gasteiger partial charge on any atom is 0.200 e. The first kappa shape index (κ1) is 13.8. The molecule has 0 radical (unpaired) electrons. The molecule has 0 bridgehead atoms. The van der Waals surface area contributed by atoms with Gasteiger partial charge in [0, 0.05) is 16.5 Å². The predicted molar refractivity (Wildman–Crippen MR) is 78.2 cm³/mol. The molecule has 2 aromatic carbocycles. The average Bonchev–Trinajstić information content (AvgIpc) is 2.67. The van der Waals surface area contributed by atoms with Crippen LogP contribution in [0.4, 0.5) is 4.39 Å². The normalized spacial score (nSPS) is 15.4. The first-order chi connectivity index (χ1) is 9.95. The monoisotopic (exact) mass is 304 g/mol. The molecule has 1 heterocycles. The number of halogens is 1. The van der Waals surface area contributed by atoms with E-state index in [2.05, 4.69) is 0 Å². The Morgan fingerprint density at radius 3 is 2.71 bits per heavy atom. The van der Waals surface area contributed by atoms with Gasteiger partial charge in [-0.1, -0.05) is 12.1 Å². The lowest BCUT2D eigenvalue weighted by Gasteiger charge is -2.08. The molecule has 21 heavy (non-hydrogen) atoms. The molecule has 0 N–H and O–H groups in total. The second-order valence-electron chi connectivity index (χ2n) is 4.93. The Bertz CT molecular complexity index is 838. The van der Waals surface area contributed by atoms with E-state index in [1.807, 2.05) is 25.1 Å². The first-order valence-electron chi connectivity index (χ1n) is 6.41. The molecule has 1 aliphatic rings. The zero-order valence-electron chi connectivity index (χ0n) is 11.3. The summed E-state index contributed by atoms with van der Waals surface area (Å²) in [5, 5.41) is 1.15. The van der Waals surface area contributed by atoms with Gasteiger partial charge in [0.1, 0.15) is 18.2 Å². The lowest BCUT2D eigenvalue weighted by molar-refractivity contribution is 0.369. The zero-order chi connectivity index (χ0) is 15.0. The van der Waals surface area contributed by atoms with Crippen molar-refractivity contribution in [1.82, 2.24) is 0 Å². The summed E-state index contributed by atoms with van der Waals surface area (Å²) in [7, 11) is -3.49. The highest BCUT2D eigenvalue weighted by atomic mass is 32.2. The van der Waals surface area contributed by atoms with Gasteiger partial charge in [-0.3, -0.25) is 0 Å². The molecule has 0 aliphatic carbocycles. The molecule has 3 rings (SSSR count). The van der Waals surface area contributed by atoms with Gasteiger partial charge in [-0.2, -0.15) is 0 Å². The Kier molecular flexibility index (Phi) is 3.29. The quantitative estimate of drug-likeness (QED) is 0.817. The third-order valence-electron chi connectivity index (χ3n) is 3.28. The molecule has 5 heteroatoms. The van der Waals surface area contributed by atoms with Crippen LogP contribution in [0.3, 0.4) is 0 Å². The highest BCUT2D eigenvalue weighted by Gasteiger charge is 2.27. The lowest BCUT2D eigenvalue weighted by Crippen LogP contribution is -2.00. The topological polar surface area (TPSA) is 43.4 Å². The highest BCUT2D eigenvalue weighted by molar-refractivity contribution is 7.95. The van der Waals surface area contributed by atoms with Gasteiger partial charge in [0.05, 0.1) is 4.90 Å². The van der Waals surface area contributed by atoms with E-state index in [0.29, 0.717) is 16.9 Å². The Morgan fingerprint density at radius 2 is 1.95 bits per heavy atom. The number of rotatable bonds is 3. The fraction of sp³-hybridized carbons (Fsp3) is 0.125. The molecule has 0 aromatic heterocycles. The molecular formula is C16H13FO3S. The second-order valence-corrected chi connectivity index (χ2v) is 6.70. The van der Waals surface area contributed by atoms with Crippen molar-refractivity contribution < 1.29 is 17.5 Å². The fourth-order valence-electron chi connectivity index (χ4n) is 2.29. The molecule has 1 aliphatic heterocycles. The number of hydrogen-bond donors (Lipinski definition) is 0. The summed E-state index contributed by atoms with van der Waals surface area (Å²) in [6.45, 7) is 2.02. The van der Waals surface area contributed by atoms with Crippen molar-refractivity contribution in [2.24, 2.45) is 0 Å². The van der Waals surface area contributed by atoms with Gasteiger partial charge in [-0.05, 0) is 42.8 Å². The van der Waals surface area contributed by atoms with Crippen LogP contribution in [0.25, 0.3) is 5.57 Å². The molecule has 2 aromatic rings.